The first kappa shape index (κ1) is 29.1. The van der Waals surface area contributed by atoms with Gasteiger partial charge in [-0.3, -0.25) is 4.90 Å². The lowest BCUT2D eigenvalue weighted by molar-refractivity contribution is 0.107. The molecule has 3 aliphatic heterocycles. The molecule has 0 amide bonds. The Morgan fingerprint density at radius 2 is 2.07 bits per heavy atom. The highest BCUT2D eigenvalue weighted by atomic mass is 35.5. The van der Waals surface area contributed by atoms with E-state index in [1.165, 1.54) is 12.1 Å². The summed E-state index contributed by atoms with van der Waals surface area (Å²) in [4.78, 5) is 13.5. The number of anilines is 2. The van der Waals surface area contributed by atoms with Crippen molar-refractivity contribution in [3.8, 4) is 23.2 Å². The van der Waals surface area contributed by atoms with Crippen LogP contribution < -0.4 is 15.4 Å². The number of hydrogen-bond donors (Lipinski definition) is 2. The molecular formula is C32H30ClF3N6O2S. The van der Waals surface area contributed by atoms with E-state index in [0.717, 1.165) is 37.1 Å². The molecular weight excluding hydrogens is 625 g/mol. The number of fused-ring (bicyclic) bond motifs is 5. The Morgan fingerprint density at radius 1 is 1.22 bits per heavy atom. The molecule has 4 aromatic rings. The van der Waals surface area contributed by atoms with E-state index in [1.807, 2.05) is 11.0 Å². The van der Waals surface area contributed by atoms with Gasteiger partial charge >= 0.3 is 6.01 Å². The Bertz CT molecular complexity index is 1920. The Hall–Kier alpha value is -3.37. The molecule has 8 nitrogen and oxygen atoms in total. The fourth-order valence-corrected chi connectivity index (χ4v) is 9.51. The molecule has 2 aromatic carbocycles. The molecule has 234 valence electrons. The van der Waals surface area contributed by atoms with Crippen LogP contribution in [0.25, 0.3) is 32.1 Å². The number of aromatic nitrogens is 2. The highest BCUT2D eigenvalue weighted by Gasteiger charge is 2.49. The molecule has 4 aliphatic rings. The topological polar surface area (TPSA) is 112 Å². The smallest absolute Gasteiger partial charge is 0.319 e. The van der Waals surface area contributed by atoms with Gasteiger partial charge in [-0.1, -0.05) is 17.7 Å². The lowest BCUT2D eigenvalue weighted by Crippen LogP contribution is -2.43. The molecule has 4 fully saturated rings. The number of piperidine rings is 1. The second-order valence-corrected chi connectivity index (χ2v) is 14.4. The molecule has 5 heterocycles. The zero-order valence-electron chi connectivity index (χ0n) is 24.2. The summed E-state index contributed by atoms with van der Waals surface area (Å²) < 4.78 is 52.5. The third kappa shape index (κ3) is 4.53. The van der Waals surface area contributed by atoms with Crippen LogP contribution in [0.1, 0.15) is 37.7 Å². The van der Waals surface area contributed by atoms with Crippen LogP contribution in [-0.4, -0.2) is 70.6 Å². The number of nitrogen functional groups attached to an aromatic ring is 1. The van der Waals surface area contributed by atoms with Gasteiger partial charge < -0.3 is 20.5 Å². The Labute approximate surface area is 266 Å². The van der Waals surface area contributed by atoms with Crippen molar-refractivity contribution in [3.05, 3.63) is 40.4 Å². The first-order valence-electron chi connectivity index (χ1n) is 15.2. The minimum Gasteiger partial charge on any atom is -0.461 e. The molecule has 13 heteroatoms. The van der Waals surface area contributed by atoms with Gasteiger partial charge in [-0.05, 0) is 55.8 Å². The summed E-state index contributed by atoms with van der Waals surface area (Å²) >= 11 is 7.74. The van der Waals surface area contributed by atoms with Crippen LogP contribution in [0.15, 0.2) is 18.2 Å². The largest absolute Gasteiger partial charge is 0.461 e. The van der Waals surface area contributed by atoms with Crippen LogP contribution >= 0.6 is 22.9 Å². The molecule has 2 aromatic heterocycles. The van der Waals surface area contributed by atoms with Crippen molar-refractivity contribution in [2.75, 3.05) is 43.4 Å². The molecule has 45 heavy (non-hydrogen) atoms. The summed E-state index contributed by atoms with van der Waals surface area (Å²) in [5.74, 6) is -0.570. The lowest BCUT2D eigenvalue weighted by Gasteiger charge is -2.34. The Balaban J connectivity index is 1.29. The minimum atomic E-state index is -0.934. The number of hydrogen-bond acceptors (Lipinski definition) is 9. The first-order valence-corrected chi connectivity index (χ1v) is 16.4. The summed E-state index contributed by atoms with van der Waals surface area (Å²) in [7, 11) is 0. The van der Waals surface area contributed by atoms with Crippen molar-refractivity contribution < 1.29 is 23.0 Å². The molecule has 5 atom stereocenters. The fraction of sp³-hybridized carbons (Fsp3) is 0.469. The molecule has 0 radical (unpaired) electrons. The predicted octanol–water partition coefficient (Wildman–Crippen LogP) is 6.06. The van der Waals surface area contributed by atoms with Crippen LogP contribution in [-0.2, 0) is 0 Å². The van der Waals surface area contributed by atoms with E-state index in [0.29, 0.717) is 43.7 Å². The van der Waals surface area contributed by atoms with E-state index in [-0.39, 0.29) is 66.8 Å². The third-order valence-corrected chi connectivity index (χ3v) is 11.6. The van der Waals surface area contributed by atoms with E-state index in [9.17, 15) is 19.1 Å². The Morgan fingerprint density at radius 3 is 2.87 bits per heavy atom. The fourth-order valence-electron chi connectivity index (χ4n) is 8.27. The molecule has 0 spiro atoms. The maximum absolute atomic E-state index is 16.9. The monoisotopic (exact) mass is 654 g/mol. The molecule has 2 bridgehead atoms. The summed E-state index contributed by atoms with van der Waals surface area (Å²) in [6, 6.07) is 6.19. The quantitative estimate of drug-likeness (QED) is 0.267. The van der Waals surface area contributed by atoms with Gasteiger partial charge in [-0.15, -0.1) is 11.3 Å². The van der Waals surface area contributed by atoms with Crippen molar-refractivity contribution in [2.45, 2.75) is 49.9 Å². The van der Waals surface area contributed by atoms with Gasteiger partial charge in [-0.2, -0.15) is 15.2 Å². The van der Waals surface area contributed by atoms with Crippen LogP contribution in [0.2, 0.25) is 5.02 Å². The van der Waals surface area contributed by atoms with Gasteiger partial charge in [0.05, 0.1) is 26.9 Å². The van der Waals surface area contributed by atoms with Crippen molar-refractivity contribution in [1.82, 2.24) is 14.9 Å². The molecule has 1 saturated carbocycles. The Kier molecular flexibility index (Phi) is 6.84. The minimum absolute atomic E-state index is 0.0339. The van der Waals surface area contributed by atoms with E-state index in [1.54, 1.807) is 6.07 Å². The lowest BCUT2D eigenvalue weighted by atomic mass is 9.95. The number of benzene rings is 2. The van der Waals surface area contributed by atoms with E-state index < -0.39 is 29.4 Å². The standard InChI is InChI=1S/C32H30ClF3N6O2S/c33-21-8-19-27(26(36)25(21)18-2-3-22(35)28-24(18)20(10-37)29(38)45-28)39-31(44-14-32-4-1-5-42(32)13-17(34)9-32)40-30(19)41-11-15-6-16(12-41)23(43)7-15/h2-3,8,15-17,23,43H,1,4-7,9,11-14,38H2/t15-,16-,17+,23+,32-/m0/s1. The van der Waals surface area contributed by atoms with Gasteiger partial charge in [0.2, 0.25) is 0 Å². The molecule has 8 rings (SSSR count). The summed E-state index contributed by atoms with van der Waals surface area (Å²) in [5, 5.41) is 21.2. The summed E-state index contributed by atoms with van der Waals surface area (Å²) in [6.07, 6.45) is 2.36. The SMILES string of the molecule is N#Cc1c(N)sc2c(F)ccc(-c3c(Cl)cc4c(N5C[C@H]6C[C@@H](C5)[C@H](O)C6)nc(OC[C@@]56CCCN5C[C@H](F)C6)nc4c3F)c12. The van der Waals surface area contributed by atoms with Gasteiger partial charge in [0, 0.05) is 48.3 Å². The number of alkyl halides is 1. The van der Waals surface area contributed by atoms with Crippen molar-refractivity contribution in [3.63, 3.8) is 0 Å². The van der Waals surface area contributed by atoms with Crippen LogP contribution in [0.5, 0.6) is 6.01 Å². The van der Waals surface area contributed by atoms with Crippen LogP contribution in [0, 0.1) is 34.8 Å². The number of nitrogens with zero attached hydrogens (tertiary/aromatic N) is 5. The average molecular weight is 655 g/mol. The van der Waals surface area contributed by atoms with Crippen LogP contribution in [0.4, 0.5) is 24.0 Å². The predicted molar refractivity (Wildman–Crippen MR) is 167 cm³/mol. The highest BCUT2D eigenvalue weighted by molar-refractivity contribution is 7.23. The zero-order valence-corrected chi connectivity index (χ0v) is 25.8. The molecule has 3 saturated heterocycles. The normalized spacial score (nSPS) is 27.9. The second kappa shape index (κ2) is 10.6. The number of halogens is 4. The molecule has 1 aliphatic carbocycles. The number of nitrogens with two attached hydrogens (primary N) is 1. The van der Waals surface area contributed by atoms with Gasteiger partial charge in [0.1, 0.15) is 41.0 Å². The van der Waals surface area contributed by atoms with Crippen LogP contribution in [0.3, 0.4) is 0 Å². The third-order valence-electron chi connectivity index (χ3n) is 10.3. The number of nitriles is 1. The highest BCUT2D eigenvalue weighted by Crippen LogP contribution is 2.47. The molecule has 0 unspecified atom stereocenters. The molecule has 3 N–H and O–H groups in total. The van der Waals surface area contributed by atoms with E-state index in [4.69, 9.17) is 27.1 Å². The van der Waals surface area contributed by atoms with Gasteiger partial charge in [-0.25, -0.2) is 13.2 Å². The number of ether oxygens (including phenoxy) is 1. The number of aliphatic hydroxyl groups excluding tert-OH is 1. The first-order chi connectivity index (χ1) is 21.7. The maximum Gasteiger partial charge on any atom is 0.319 e. The maximum atomic E-state index is 16.9. The second-order valence-electron chi connectivity index (χ2n) is 13.0. The number of aliphatic hydroxyl groups is 1. The average Bonchev–Trinajstić information content (AvgIpc) is 3.72. The number of rotatable bonds is 5. The van der Waals surface area contributed by atoms with Crippen molar-refractivity contribution in [1.29, 1.82) is 5.26 Å². The number of thiophene rings is 1. The summed E-state index contributed by atoms with van der Waals surface area (Å²) in [6.45, 7) is 2.49. The van der Waals surface area contributed by atoms with E-state index in [2.05, 4.69) is 9.88 Å². The van der Waals surface area contributed by atoms with Crippen molar-refractivity contribution in [2.24, 2.45) is 11.8 Å². The zero-order chi connectivity index (χ0) is 31.2. The van der Waals surface area contributed by atoms with Gasteiger partial charge in [0.15, 0.2) is 5.82 Å². The summed E-state index contributed by atoms with van der Waals surface area (Å²) in [5.41, 5.74) is 5.80. The van der Waals surface area contributed by atoms with Crippen molar-refractivity contribution >= 4 is 54.7 Å². The van der Waals surface area contributed by atoms with E-state index >= 15 is 4.39 Å². The van der Waals surface area contributed by atoms with Gasteiger partial charge in [0.25, 0.3) is 0 Å².